The van der Waals surface area contributed by atoms with E-state index in [1.54, 1.807) is 6.08 Å². The first-order valence-electron chi connectivity index (χ1n) is 3.63. The van der Waals surface area contributed by atoms with E-state index in [0.29, 0.717) is 0 Å². The summed E-state index contributed by atoms with van der Waals surface area (Å²) in [5.41, 5.74) is 0. The Bertz CT molecular complexity index is 132. The van der Waals surface area contributed by atoms with Crippen molar-refractivity contribution in [1.29, 1.82) is 0 Å². The molecule has 10 heavy (non-hydrogen) atoms. The van der Waals surface area contributed by atoms with Crippen LogP contribution in [0.2, 0.25) is 0 Å². The van der Waals surface area contributed by atoms with Crippen LogP contribution < -0.4 is 5.32 Å². The standard InChI is InChI=1S/C8H15NO.H2/c1-4-5-6-8(10)9-7(2)3;/h5-7H,4H2,1-3H3,(H,9,10);1H/b6-5+;. The van der Waals surface area contributed by atoms with Crippen molar-refractivity contribution >= 4 is 5.91 Å². The molecular formula is C8H17NO. The van der Waals surface area contributed by atoms with E-state index in [2.05, 4.69) is 5.32 Å². The summed E-state index contributed by atoms with van der Waals surface area (Å²) in [6.07, 6.45) is 4.32. The molecule has 0 saturated heterocycles. The van der Waals surface area contributed by atoms with Crippen molar-refractivity contribution in [3.05, 3.63) is 12.2 Å². The van der Waals surface area contributed by atoms with E-state index in [1.807, 2.05) is 26.8 Å². The summed E-state index contributed by atoms with van der Waals surface area (Å²) in [7, 11) is 0. The fourth-order valence-corrected chi connectivity index (χ4v) is 0.558. The molecule has 0 aliphatic heterocycles. The Kier molecular flexibility index (Phi) is 4.63. The van der Waals surface area contributed by atoms with Crippen LogP contribution in [0.1, 0.15) is 28.6 Å². The molecule has 0 aromatic carbocycles. The number of nitrogens with one attached hydrogen (secondary N) is 1. The van der Waals surface area contributed by atoms with Gasteiger partial charge in [-0.1, -0.05) is 13.0 Å². The average molecular weight is 143 g/mol. The second kappa shape index (κ2) is 5.03. The van der Waals surface area contributed by atoms with Gasteiger partial charge in [-0.05, 0) is 26.3 Å². The van der Waals surface area contributed by atoms with Crippen molar-refractivity contribution < 1.29 is 6.22 Å². The molecular weight excluding hydrogens is 126 g/mol. The predicted molar refractivity (Wildman–Crippen MR) is 44.8 cm³/mol. The number of carbonyl (C=O) groups excluding carboxylic acids is 1. The number of amides is 1. The van der Waals surface area contributed by atoms with Gasteiger partial charge in [0.2, 0.25) is 5.91 Å². The van der Waals surface area contributed by atoms with Crippen LogP contribution in [0.4, 0.5) is 0 Å². The van der Waals surface area contributed by atoms with E-state index in [4.69, 9.17) is 0 Å². The maximum atomic E-state index is 10.8. The van der Waals surface area contributed by atoms with Gasteiger partial charge in [-0.15, -0.1) is 0 Å². The summed E-state index contributed by atoms with van der Waals surface area (Å²) in [6, 6.07) is 0.231. The SMILES string of the molecule is CC/C=C/C(=O)NC(C)C.[HH]. The number of rotatable bonds is 3. The van der Waals surface area contributed by atoms with Crippen molar-refractivity contribution in [3.63, 3.8) is 0 Å². The molecule has 0 unspecified atom stereocenters. The zero-order valence-corrected chi connectivity index (χ0v) is 6.85. The molecule has 0 rings (SSSR count). The highest BCUT2D eigenvalue weighted by molar-refractivity contribution is 5.87. The molecule has 0 aliphatic carbocycles. The maximum Gasteiger partial charge on any atom is 0.243 e. The van der Waals surface area contributed by atoms with Gasteiger partial charge in [0, 0.05) is 7.47 Å². The van der Waals surface area contributed by atoms with Gasteiger partial charge in [0.1, 0.15) is 0 Å². The van der Waals surface area contributed by atoms with Crippen LogP contribution in [0.5, 0.6) is 0 Å². The summed E-state index contributed by atoms with van der Waals surface area (Å²) < 4.78 is 0. The predicted octanol–water partition coefficient (Wildman–Crippen LogP) is 1.72. The highest BCUT2D eigenvalue weighted by Crippen LogP contribution is 1.81. The van der Waals surface area contributed by atoms with Gasteiger partial charge in [0.25, 0.3) is 0 Å². The Hall–Kier alpha value is -0.790. The maximum absolute atomic E-state index is 10.8. The summed E-state index contributed by atoms with van der Waals surface area (Å²) in [5, 5.41) is 2.75. The van der Waals surface area contributed by atoms with Crippen molar-refractivity contribution in [3.8, 4) is 0 Å². The van der Waals surface area contributed by atoms with Crippen molar-refractivity contribution in [1.82, 2.24) is 5.32 Å². The molecule has 0 fully saturated rings. The second-order valence-electron chi connectivity index (χ2n) is 2.47. The van der Waals surface area contributed by atoms with E-state index < -0.39 is 0 Å². The van der Waals surface area contributed by atoms with Gasteiger partial charge < -0.3 is 5.32 Å². The normalized spacial score (nSPS) is 10.8. The molecule has 1 amide bonds. The lowest BCUT2D eigenvalue weighted by Crippen LogP contribution is -2.28. The van der Waals surface area contributed by atoms with Crippen molar-refractivity contribution in [2.24, 2.45) is 0 Å². The Morgan fingerprint density at radius 3 is 2.70 bits per heavy atom. The van der Waals surface area contributed by atoms with Gasteiger partial charge >= 0.3 is 0 Å². The Morgan fingerprint density at radius 2 is 2.30 bits per heavy atom. The van der Waals surface area contributed by atoms with E-state index in [1.165, 1.54) is 0 Å². The summed E-state index contributed by atoms with van der Waals surface area (Å²) in [6.45, 7) is 5.88. The van der Waals surface area contributed by atoms with Crippen LogP contribution in [0, 0.1) is 0 Å². The van der Waals surface area contributed by atoms with E-state index >= 15 is 0 Å². The van der Waals surface area contributed by atoms with Crippen LogP contribution >= 0.6 is 0 Å². The van der Waals surface area contributed by atoms with Gasteiger partial charge in [0.05, 0.1) is 0 Å². The zero-order chi connectivity index (χ0) is 7.98. The molecule has 0 saturated carbocycles. The lowest BCUT2D eigenvalue weighted by atomic mass is 10.3. The number of hydrogen-bond donors (Lipinski definition) is 1. The molecule has 0 heterocycles. The molecule has 2 heteroatoms. The minimum atomic E-state index is -0.00292. The van der Waals surface area contributed by atoms with E-state index in [9.17, 15) is 4.79 Å². The number of hydrogen-bond acceptors (Lipinski definition) is 1. The van der Waals surface area contributed by atoms with Crippen LogP contribution in [-0.2, 0) is 4.79 Å². The number of carbonyl (C=O) groups is 1. The van der Waals surface area contributed by atoms with Crippen LogP contribution in [0.15, 0.2) is 12.2 Å². The van der Waals surface area contributed by atoms with Gasteiger partial charge in [-0.3, -0.25) is 4.79 Å². The summed E-state index contributed by atoms with van der Waals surface area (Å²) in [4.78, 5) is 10.8. The number of allylic oxidation sites excluding steroid dienone is 1. The van der Waals surface area contributed by atoms with Gasteiger partial charge in [-0.25, -0.2) is 0 Å². The molecule has 0 bridgehead atoms. The molecule has 0 spiro atoms. The van der Waals surface area contributed by atoms with Crippen molar-refractivity contribution in [2.45, 2.75) is 33.2 Å². The first kappa shape index (κ1) is 9.21. The molecule has 0 atom stereocenters. The first-order chi connectivity index (χ1) is 4.66. The van der Waals surface area contributed by atoms with Crippen LogP contribution in [0.3, 0.4) is 0 Å². The lowest BCUT2D eigenvalue weighted by Gasteiger charge is -2.03. The molecule has 0 aromatic heterocycles. The molecule has 2 nitrogen and oxygen atoms in total. The lowest BCUT2D eigenvalue weighted by molar-refractivity contribution is -0.116. The van der Waals surface area contributed by atoms with Gasteiger partial charge in [-0.2, -0.15) is 0 Å². The topological polar surface area (TPSA) is 29.1 Å². The largest absolute Gasteiger partial charge is 0.350 e. The monoisotopic (exact) mass is 143 g/mol. The Balaban J connectivity index is 0. The highest BCUT2D eigenvalue weighted by Gasteiger charge is 1.95. The average Bonchev–Trinajstić information content (AvgIpc) is 1.82. The van der Waals surface area contributed by atoms with Crippen molar-refractivity contribution in [2.75, 3.05) is 0 Å². The molecule has 1 N–H and O–H groups in total. The van der Waals surface area contributed by atoms with E-state index in [0.717, 1.165) is 6.42 Å². The van der Waals surface area contributed by atoms with Crippen LogP contribution in [0.25, 0.3) is 0 Å². The third kappa shape index (κ3) is 5.35. The third-order valence-corrected chi connectivity index (χ3v) is 0.936. The minimum Gasteiger partial charge on any atom is -0.350 e. The van der Waals surface area contributed by atoms with Gasteiger partial charge in [0.15, 0.2) is 0 Å². The first-order valence-corrected chi connectivity index (χ1v) is 3.63. The fourth-order valence-electron chi connectivity index (χ4n) is 0.558. The third-order valence-electron chi connectivity index (χ3n) is 0.936. The highest BCUT2D eigenvalue weighted by atomic mass is 16.1. The summed E-state index contributed by atoms with van der Waals surface area (Å²) in [5.74, 6) is -0.00292. The molecule has 0 aliphatic rings. The van der Waals surface area contributed by atoms with Crippen LogP contribution in [-0.4, -0.2) is 11.9 Å². The van der Waals surface area contributed by atoms with E-state index in [-0.39, 0.29) is 13.4 Å². The fraction of sp³-hybridized carbons (Fsp3) is 0.625. The Labute approximate surface area is 63.8 Å². The molecule has 0 aromatic rings. The minimum absolute atomic E-state index is 0. The zero-order valence-electron chi connectivity index (χ0n) is 6.85. The Morgan fingerprint density at radius 1 is 1.70 bits per heavy atom. The smallest absolute Gasteiger partial charge is 0.243 e. The molecule has 0 radical (unpaired) electrons. The second-order valence-corrected chi connectivity index (χ2v) is 2.47. The summed E-state index contributed by atoms with van der Waals surface area (Å²) >= 11 is 0. The molecule has 60 valence electrons. The quantitative estimate of drug-likeness (QED) is 0.599.